The van der Waals surface area contributed by atoms with Crippen LogP contribution >= 0.6 is 0 Å². The van der Waals surface area contributed by atoms with Crippen LogP contribution < -0.4 is 15.4 Å². The number of benzene rings is 1. The molecule has 47 heavy (non-hydrogen) atoms. The van der Waals surface area contributed by atoms with Crippen LogP contribution in [0.1, 0.15) is 65.6 Å². The number of carbonyl (C=O) groups is 4. The van der Waals surface area contributed by atoms with E-state index in [1.165, 1.54) is 16.8 Å². The van der Waals surface area contributed by atoms with Crippen LogP contribution in [0.5, 0.6) is 0 Å². The van der Waals surface area contributed by atoms with Gasteiger partial charge in [-0.2, -0.15) is 23.4 Å². The normalized spacial score (nSPS) is 15.8. The van der Waals surface area contributed by atoms with E-state index in [1.807, 2.05) is 27.0 Å². The van der Waals surface area contributed by atoms with Crippen molar-refractivity contribution in [1.82, 2.24) is 25.3 Å². The van der Waals surface area contributed by atoms with Crippen molar-refractivity contribution in [3.63, 3.8) is 0 Å². The number of ether oxygens (including phenoxy) is 1. The highest BCUT2D eigenvalue weighted by molar-refractivity contribution is 7.92. The average Bonchev–Trinajstić information content (AvgIpc) is 3.71. The van der Waals surface area contributed by atoms with Crippen LogP contribution in [0.2, 0.25) is 0 Å². The molecule has 3 aromatic rings. The molecule has 0 aliphatic heterocycles. The lowest BCUT2D eigenvalue weighted by Crippen LogP contribution is -2.33. The SMILES string of the molecule is CNc1cc(C2CCC(OC(=O)NC(C)C)C2)[nH]n1.Cn1nc(-c2cccc(NS(C)(=O)=O)c2C=O)cc1C=O.O=C(O)C(F)(F)F. The van der Waals surface area contributed by atoms with Gasteiger partial charge in [-0.3, -0.25) is 24.1 Å². The second-order valence-corrected chi connectivity index (χ2v) is 12.3. The zero-order valence-electron chi connectivity index (χ0n) is 26.1. The third-order valence-electron chi connectivity index (χ3n) is 6.43. The number of halogens is 3. The number of H-pyrrole nitrogens is 1. The third-order valence-corrected chi connectivity index (χ3v) is 7.02. The zero-order chi connectivity index (χ0) is 35.5. The highest BCUT2D eigenvalue weighted by Gasteiger charge is 2.38. The first kappa shape index (κ1) is 38.2. The van der Waals surface area contributed by atoms with E-state index in [0.29, 0.717) is 35.4 Å². The monoisotopic (exact) mass is 687 g/mol. The summed E-state index contributed by atoms with van der Waals surface area (Å²) < 4.78 is 63.5. The predicted molar refractivity (Wildman–Crippen MR) is 165 cm³/mol. The Labute approximate surface area is 268 Å². The summed E-state index contributed by atoms with van der Waals surface area (Å²) in [7, 11) is -0.0594. The summed E-state index contributed by atoms with van der Waals surface area (Å²) in [6.45, 7) is 3.84. The number of amides is 1. The molecule has 15 nitrogen and oxygen atoms in total. The number of carbonyl (C=O) groups excluding carboxylic acids is 3. The number of aromatic nitrogens is 4. The Bertz CT molecular complexity index is 1660. The van der Waals surface area contributed by atoms with E-state index in [-0.39, 0.29) is 29.5 Å². The van der Waals surface area contributed by atoms with Gasteiger partial charge in [0.2, 0.25) is 10.0 Å². The molecule has 2 heterocycles. The molecule has 2 atom stereocenters. The lowest BCUT2D eigenvalue weighted by molar-refractivity contribution is -0.192. The Morgan fingerprint density at radius 3 is 2.32 bits per heavy atom. The first-order chi connectivity index (χ1) is 21.9. The molecule has 5 N–H and O–H groups in total. The van der Waals surface area contributed by atoms with E-state index in [1.54, 1.807) is 19.2 Å². The zero-order valence-corrected chi connectivity index (χ0v) is 26.9. The van der Waals surface area contributed by atoms with Gasteiger partial charge in [0.1, 0.15) is 17.6 Å². The summed E-state index contributed by atoms with van der Waals surface area (Å²) in [5.41, 5.74) is 2.66. The van der Waals surface area contributed by atoms with Gasteiger partial charge in [-0.05, 0) is 45.2 Å². The number of aryl methyl sites for hydroxylation is 1. The molecule has 19 heteroatoms. The number of rotatable bonds is 9. The van der Waals surface area contributed by atoms with E-state index in [4.69, 9.17) is 14.6 Å². The molecule has 0 bridgehead atoms. The molecular formula is C28H36F3N7O8S. The van der Waals surface area contributed by atoms with Crippen molar-refractivity contribution in [2.45, 2.75) is 57.3 Å². The number of anilines is 2. The number of aldehydes is 2. The number of carboxylic acids is 1. The van der Waals surface area contributed by atoms with E-state index in [0.717, 1.165) is 37.0 Å². The van der Waals surface area contributed by atoms with Gasteiger partial charge in [-0.25, -0.2) is 18.0 Å². The maximum Gasteiger partial charge on any atom is 0.490 e. The van der Waals surface area contributed by atoms with Crippen molar-refractivity contribution >= 4 is 46.2 Å². The molecule has 0 radical (unpaired) electrons. The fourth-order valence-corrected chi connectivity index (χ4v) is 4.93. The van der Waals surface area contributed by atoms with Crippen molar-refractivity contribution in [1.29, 1.82) is 0 Å². The second kappa shape index (κ2) is 16.6. The summed E-state index contributed by atoms with van der Waals surface area (Å²) in [6, 6.07) is 8.37. The predicted octanol–water partition coefficient (Wildman–Crippen LogP) is 3.94. The van der Waals surface area contributed by atoms with Crippen LogP contribution in [0.4, 0.5) is 29.5 Å². The molecule has 2 aromatic heterocycles. The van der Waals surface area contributed by atoms with E-state index >= 15 is 0 Å². The van der Waals surface area contributed by atoms with Crippen molar-refractivity contribution in [2.75, 3.05) is 23.3 Å². The van der Waals surface area contributed by atoms with Crippen molar-refractivity contribution in [3.8, 4) is 11.3 Å². The van der Waals surface area contributed by atoms with Crippen LogP contribution in [-0.4, -0.2) is 89.8 Å². The highest BCUT2D eigenvalue weighted by atomic mass is 32.2. The summed E-state index contributed by atoms with van der Waals surface area (Å²) in [4.78, 5) is 42.6. The lowest BCUT2D eigenvalue weighted by atomic mass is 10.0. The molecule has 1 fully saturated rings. The number of aromatic amines is 1. The molecule has 1 aliphatic carbocycles. The largest absolute Gasteiger partial charge is 0.490 e. The van der Waals surface area contributed by atoms with Crippen molar-refractivity contribution in [3.05, 3.63) is 47.3 Å². The maximum atomic E-state index is 11.5. The molecule has 2 unspecified atom stereocenters. The number of alkyl carbamates (subject to hydrolysis) is 1. The number of nitrogens with zero attached hydrogens (tertiary/aromatic N) is 3. The number of sulfonamides is 1. The van der Waals surface area contributed by atoms with Crippen LogP contribution in [-0.2, 0) is 26.6 Å². The average molecular weight is 688 g/mol. The smallest absolute Gasteiger partial charge is 0.475 e. The Morgan fingerprint density at radius 2 is 1.83 bits per heavy atom. The molecule has 1 saturated carbocycles. The van der Waals surface area contributed by atoms with Gasteiger partial charge in [0, 0.05) is 48.9 Å². The number of alkyl halides is 3. The van der Waals surface area contributed by atoms with Crippen molar-refractivity contribution in [2.24, 2.45) is 7.05 Å². The minimum absolute atomic E-state index is 0.00471. The van der Waals surface area contributed by atoms with Crippen LogP contribution in [0.15, 0.2) is 30.3 Å². The molecular weight excluding hydrogens is 651 g/mol. The van der Waals surface area contributed by atoms with Crippen molar-refractivity contribution < 1.29 is 50.6 Å². The molecule has 4 rings (SSSR count). The Morgan fingerprint density at radius 1 is 1.17 bits per heavy atom. The third kappa shape index (κ3) is 12.1. The lowest BCUT2D eigenvalue weighted by Gasteiger charge is -2.14. The first-order valence-corrected chi connectivity index (χ1v) is 15.8. The van der Waals surface area contributed by atoms with E-state index in [9.17, 15) is 36.0 Å². The molecule has 258 valence electrons. The standard InChI is InChI=1S/C13H22N4O2.C13H13N3O4S.C2HF3O2/c1-8(2)15-13(18)19-10-5-4-9(6-10)11-7-12(14-3)17-16-11;1-16-9(7-17)6-13(14-16)10-4-3-5-12(11(10)8-18)15-21(2,19)20;3-2(4,5)1(6)7/h7-10H,4-6H2,1-3H3,(H,15,18)(H2,14,16,17);3-8,15H,1-2H3;(H,6,7). The number of hydrogen-bond acceptors (Lipinski definition) is 10. The van der Waals surface area contributed by atoms with Gasteiger partial charge in [0.05, 0.1) is 17.6 Å². The summed E-state index contributed by atoms with van der Waals surface area (Å²) in [5.74, 6) is -1.52. The quantitative estimate of drug-likeness (QED) is 0.203. The number of hydrogen-bond donors (Lipinski definition) is 5. The van der Waals surface area contributed by atoms with Crippen LogP contribution in [0, 0.1) is 0 Å². The Balaban J connectivity index is 0.000000274. The molecule has 1 aromatic carbocycles. The number of carboxylic acid groups (broad SMARTS) is 1. The van der Waals surface area contributed by atoms with Gasteiger partial charge >= 0.3 is 18.2 Å². The summed E-state index contributed by atoms with van der Waals surface area (Å²) in [6.07, 6.45) is -0.412. The van der Waals surface area contributed by atoms with Crippen LogP contribution in [0.25, 0.3) is 11.3 Å². The van der Waals surface area contributed by atoms with Gasteiger partial charge in [0.25, 0.3) is 0 Å². The number of aliphatic carboxylic acids is 1. The van der Waals surface area contributed by atoms with Gasteiger partial charge < -0.3 is 20.5 Å². The highest BCUT2D eigenvalue weighted by Crippen LogP contribution is 2.35. The molecule has 0 spiro atoms. The topological polar surface area (TPSA) is 214 Å². The van der Waals surface area contributed by atoms with E-state index < -0.39 is 22.2 Å². The Hall–Kier alpha value is -4.94. The minimum Gasteiger partial charge on any atom is -0.475 e. The van der Waals surface area contributed by atoms with Gasteiger partial charge in [-0.1, -0.05) is 12.1 Å². The minimum atomic E-state index is -5.08. The fraction of sp³-hybridized carbons (Fsp3) is 0.429. The van der Waals surface area contributed by atoms with Gasteiger partial charge in [-0.15, -0.1) is 0 Å². The second-order valence-electron chi connectivity index (χ2n) is 10.6. The summed E-state index contributed by atoms with van der Waals surface area (Å²) in [5, 5.41) is 24.2. The van der Waals surface area contributed by atoms with Crippen LogP contribution in [0.3, 0.4) is 0 Å². The Kier molecular flexibility index (Phi) is 13.5. The first-order valence-electron chi connectivity index (χ1n) is 13.9. The fourth-order valence-electron chi connectivity index (χ4n) is 4.35. The maximum absolute atomic E-state index is 11.5. The summed E-state index contributed by atoms with van der Waals surface area (Å²) >= 11 is 0. The van der Waals surface area contributed by atoms with Gasteiger partial charge in [0.15, 0.2) is 12.6 Å². The number of nitrogens with one attached hydrogen (secondary N) is 4. The molecule has 1 aliphatic rings. The molecule has 0 saturated heterocycles. The molecule has 1 amide bonds. The van der Waals surface area contributed by atoms with E-state index in [2.05, 4.69) is 30.7 Å².